The lowest BCUT2D eigenvalue weighted by molar-refractivity contribution is -0.119. The lowest BCUT2D eigenvalue weighted by Gasteiger charge is -2.24. The van der Waals surface area contributed by atoms with Crippen LogP contribution in [-0.4, -0.2) is 23.0 Å². The molecule has 5 rings (SSSR count). The number of hydrogen-bond acceptors (Lipinski definition) is 5. The van der Waals surface area contributed by atoms with Crippen LogP contribution in [0.3, 0.4) is 0 Å². The number of carbonyl (C=O) groups is 1. The first-order valence-corrected chi connectivity index (χ1v) is 12.3. The summed E-state index contributed by atoms with van der Waals surface area (Å²) in [6.45, 7) is 0.403. The minimum Gasteiger partial charge on any atom is -0.497 e. The van der Waals surface area contributed by atoms with Crippen LogP contribution in [0, 0.1) is 0 Å². The van der Waals surface area contributed by atoms with E-state index in [1.54, 1.807) is 24.4 Å². The molecular weight excluding hydrogens is 454 g/mol. The molecule has 0 N–H and O–H groups in total. The van der Waals surface area contributed by atoms with Gasteiger partial charge in [-0.25, -0.2) is 4.98 Å². The zero-order chi connectivity index (χ0) is 24.0. The lowest BCUT2D eigenvalue weighted by atomic mass is 9.88. The Morgan fingerprint density at radius 1 is 0.943 bits per heavy atom. The van der Waals surface area contributed by atoms with Crippen molar-refractivity contribution >= 4 is 32.6 Å². The maximum absolute atomic E-state index is 14.0. The molecular formula is C29H25N3O2S. The molecule has 0 unspecified atom stereocenters. The summed E-state index contributed by atoms with van der Waals surface area (Å²) < 4.78 is 6.35. The van der Waals surface area contributed by atoms with Gasteiger partial charge in [-0.15, -0.1) is 0 Å². The van der Waals surface area contributed by atoms with E-state index in [0.29, 0.717) is 18.1 Å². The smallest absolute Gasteiger partial charge is 0.230 e. The molecule has 0 atom stereocenters. The SMILES string of the molecule is COc1ccc2nc(N(Cc3cccnc3)C(=O)CC(c3ccccc3)c3ccccc3)sc2c1. The first kappa shape index (κ1) is 22.7. The summed E-state index contributed by atoms with van der Waals surface area (Å²) in [4.78, 5) is 24.8. The van der Waals surface area contributed by atoms with Gasteiger partial charge in [0.05, 0.1) is 23.9 Å². The fourth-order valence-corrected chi connectivity index (χ4v) is 5.17. The normalized spacial score (nSPS) is 11.0. The van der Waals surface area contributed by atoms with E-state index in [4.69, 9.17) is 9.72 Å². The number of anilines is 1. The standard InChI is InChI=1S/C29H25N3O2S/c1-34-24-14-15-26-27(17-24)35-29(31-26)32(20-21-9-8-16-30-19-21)28(33)18-25(22-10-4-2-5-11-22)23-12-6-3-7-13-23/h2-17,19,25H,18,20H2,1H3. The first-order chi connectivity index (χ1) is 17.2. The monoisotopic (exact) mass is 479 g/mol. The van der Waals surface area contributed by atoms with Gasteiger partial charge >= 0.3 is 0 Å². The molecule has 0 saturated heterocycles. The Morgan fingerprint density at radius 3 is 2.29 bits per heavy atom. The molecule has 3 aromatic carbocycles. The fourth-order valence-electron chi connectivity index (χ4n) is 4.16. The van der Waals surface area contributed by atoms with Crippen LogP contribution in [0.5, 0.6) is 5.75 Å². The number of thiazole rings is 1. The molecule has 5 nitrogen and oxygen atoms in total. The Hall–Kier alpha value is -4.03. The van der Waals surface area contributed by atoms with Crippen molar-refractivity contribution in [2.24, 2.45) is 0 Å². The van der Waals surface area contributed by atoms with Gasteiger partial charge in [0.25, 0.3) is 0 Å². The van der Waals surface area contributed by atoms with Crippen molar-refractivity contribution in [2.45, 2.75) is 18.9 Å². The molecule has 0 aliphatic carbocycles. The predicted octanol–water partition coefficient (Wildman–Crippen LogP) is 6.46. The third-order valence-corrected chi connectivity index (χ3v) is 7.00. The van der Waals surface area contributed by atoms with E-state index in [-0.39, 0.29) is 11.8 Å². The van der Waals surface area contributed by atoms with Crippen LogP contribution in [0.25, 0.3) is 10.2 Å². The Balaban J connectivity index is 1.52. The van der Waals surface area contributed by atoms with E-state index in [9.17, 15) is 4.79 Å². The van der Waals surface area contributed by atoms with Crippen molar-refractivity contribution in [2.75, 3.05) is 12.0 Å². The number of amides is 1. The van der Waals surface area contributed by atoms with Gasteiger partial charge in [0.1, 0.15) is 5.75 Å². The third-order valence-electron chi connectivity index (χ3n) is 5.96. The molecule has 0 fully saturated rings. The lowest BCUT2D eigenvalue weighted by Crippen LogP contribution is -2.31. The Morgan fingerprint density at radius 2 is 1.66 bits per heavy atom. The van der Waals surface area contributed by atoms with E-state index in [0.717, 1.165) is 32.7 Å². The minimum absolute atomic E-state index is 0.0116. The molecule has 6 heteroatoms. The highest BCUT2D eigenvalue weighted by atomic mass is 32.1. The van der Waals surface area contributed by atoms with Crippen LogP contribution in [0.4, 0.5) is 5.13 Å². The Kier molecular flexibility index (Phi) is 6.82. The van der Waals surface area contributed by atoms with Gasteiger partial charge in [-0.05, 0) is 41.0 Å². The molecule has 0 saturated carbocycles. The molecule has 2 heterocycles. The number of hydrogen-bond donors (Lipinski definition) is 0. The molecule has 0 aliphatic heterocycles. The van der Waals surface area contributed by atoms with Crippen LogP contribution in [0.1, 0.15) is 29.0 Å². The number of pyridine rings is 1. The predicted molar refractivity (Wildman–Crippen MR) is 141 cm³/mol. The van der Waals surface area contributed by atoms with E-state index in [1.165, 1.54) is 11.3 Å². The summed E-state index contributed by atoms with van der Waals surface area (Å²) in [7, 11) is 1.65. The van der Waals surface area contributed by atoms with Crippen molar-refractivity contribution < 1.29 is 9.53 Å². The quantitative estimate of drug-likeness (QED) is 0.256. The summed E-state index contributed by atoms with van der Waals surface area (Å²) in [6.07, 6.45) is 3.86. The van der Waals surface area contributed by atoms with Gasteiger partial charge in [0.2, 0.25) is 5.91 Å². The number of nitrogens with zero attached hydrogens (tertiary/aromatic N) is 3. The molecule has 0 radical (unpaired) electrons. The molecule has 174 valence electrons. The van der Waals surface area contributed by atoms with E-state index < -0.39 is 0 Å². The van der Waals surface area contributed by atoms with Crippen molar-refractivity contribution in [1.82, 2.24) is 9.97 Å². The number of ether oxygens (including phenoxy) is 1. The summed E-state index contributed by atoms with van der Waals surface area (Å²) in [5.41, 5.74) is 4.02. The third kappa shape index (κ3) is 5.23. The summed E-state index contributed by atoms with van der Waals surface area (Å²) in [5.74, 6) is 0.722. The number of rotatable bonds is 8. The topological polar surface area (TPSA) is 55.3 Å². The number of benzene rings is 3. The van der Waals surface area contributed by atoms with Crippen LogP contribution in [-0.2, 0) is 11.3 Å². The second-order valence-corrected chi connectivity index (χ2v) is 9.26. The number of fused-ring (bicyclic) bond motifs is 1. The van der Waals surface area contributed by atoms with Crippen molar-refractivity contribution in [3.05, 3.63) is 120 Å². The highest BCUT2D eigenvalue weighted by Crippen LogP contribution is 2.35. The molecule has 0 spiro atoms. The Bertz CT molecular complexity index is 1370. The van der Waals surface area contributed by atoms with Gasteiger partial charge in [-0.1, -0.05) is 78.1 Å². The number of aromatic nitrogens is 2. The number of methoxy groups -OCH3 is 1. The maximum atomic E-state index is 14.0. The van der Waals surface area contributed by atoms with Gasteiger partial charge in [0.15, 0.2) is 5.13 Å². The second kappa shape index (κ2) is 10.5. The number of carbonyl (C=O) groups excluding carboxylic acids is 1. The van der Waals surface area contributed by atoms with Crippen molar-refractivity contribution in [1.29, 1.82) is 0 Å². The minimum atomic E-state index is -0.0595. The average Bonchev–Trinajstić information content (AvgIpc) is 3.34. The molecule has 2 aromatic heterocycles. The summed E-state index contributed by atoms with van der Waals surface area (Å²) in [6, 6.07) is 30.0. The Labute approximate surface area is 208 Å². The van der Waals surface area contributed by atoms with Crippen molar-refractivity contribution in [3.8, 4) is 5.75 Å². The van der Waals surface area contributed by atoms with Gasteiger partial charge in [-0.2, -0.15) is 0 Å². The van der Waals surface area contributed by atoms with E-state index in [2.05, 4.69) is 29.2 Å². The molecule has 35 heavy (non-hydrogen) atoms. The molecule has 1 amide bonds. The first-order valence-electron chi connectivity index (χ1n) is 11.4. The fraction of sp³-hybridized carbons (Fsp3) is 0.138. The second-order valence-electron chi connectivity index (χ2n) is 8.25. The largest absolute Gasteiger partial charge is 0.497 e. The zero-order valence-corrected chi connectivity index (χ0v) is 20.2. The van der Waals surface area contributed by atoms with Crippen LogP contribution in [0.15, 0.2) is 103 Å². The molecule has 5 aromatic rings. The highest BCUT2D eigenvalue weighted by Gasteiger charge is 2.25. The van der Waals surface area contributed by atoms with Crippen LogP contribution >= 0.6 is 11.3 Å². The van der Waals surface area contributed by atoms with Crippen LogP contribution < -0.4 is 9.64 Å². The van der Waals surface area contributed by atoms with Gasteiger partial charge in [0, 0.05) is 24.7 Å². The van der Waals surface area contributed by atoms with Crippen LogP contribution in [0.2, 0.25) is 0 Å². The average molecular weight is 480 g/mol. The van der Waals surface area contributed by atoms with Crippen molar-refractivity contribution in [3.63, 3.8) is 0 Å². The summed E-state index contributed by atoms with van der Waals surface area (Å²) >= 11 is 1.49. The maximum Gasteiger partial charge on any atom is 0.230 e. The summed E-state index contributed by atoms with van der Waals surface area (Å²) in [5, 5.41) is 0.668. The van der Waals surface area contributed by atoms with Gasteiger partial charge in [-0.3, -0.25) is 14.7 Å². The van der Waals surface area contributed by atoms with E-state index in [1.807, 2.05) is 66.7 Å². The molecule has 0 aliphatic rings. The highest BCUT2D eigenvalue weighted by molar-refractivity contribution is 7.22. The zero-order valence-electron chi connectivity index (χ0n) is 19.4. The van der Waals surface area contributed by atoms with Gasteiger partial charge < -0.3 is 4.74 Å². The molecule has 0 bridgehead atoms. The van der Waals surface area contributed by atoms with E-state index >= 15 is 0 Å².